The fraction of sp³-hybridized carbons (Fsp3) is 0.625. The van der Waals surface area contributed by atoms with E-state index in [1.54, 1.807) is 6.92 Å². The van der Waals surface area contributed by atoms with Crippen molar-refractivity contribution < 1.29 is 32.5 Å². The van der Waals surface area contributed by atoms with Crippen molar-refractivity contribution >= 4 is 23.4 Å². The molecule has 1 saturated heterocycles. The summed E-state index contributed by atoms with van der Waals surface area (Å²) in [6, 6.07) is 6.88. The molecule has 0 saturated carbocycles. The third kappa shape index (κ3) is 8.10. The van der Waals surface area contributed by atoms with Crippen LogP contribution in [0, 0.1) is 11.8 Å². The van der Waals surface area contributed by atoms with Gasteiger partial charge in [0, 0.05) is 31.1 Å². The number of nitrogens with one attached hydrogen (secondary N) is 2. The zero-order valence-corrected chi connectivity index (χ0v) is 20.7. The number of anilines is 1. The molecule has 5 N–H and O–H groups in total. The van der Waals surface area contributed by atoms with Crippen LogP contribution in [0.2, 0.25) is 0 Å². The molecule has 2 atom stereocenters. The molecule has 7 nitrogen and oxygen atoms in total. The lowest BCUT2D eigenvalue weighted by molar-refractivity contribution is -0.408. The summed E-state index contributed by atoms with van der Waals surface area (Å²) in [5.74, 6) is 0.377. The zero-order chi connectivity index (χ0) is 23.1. The number of carbonyl (C=O) groups excluding carboxylic acids is 3. The Balaban J connectivity index is 0.00000512. The second-order valence-electron chi connectivity index (χ2n) is 9.42. The molecule has 1 heterocycles. The van der Waals surface area contributed by atoms with E-state index in [4.69, 9.17) is 0 Å². The maximum atomic E-state index is 12.6. The minimum absolute atomic E-state index is 0. The Morgan fingerprint density at radius 2 is 1.59 bits per heavy atom. The van der Waals surface area contributed by atoms with Gasteiger partial charge in [-0.1, -0.05) is 39.8 Å². The van der Waals surface area contributed by atoms with Gasteiger partial charge in [-0.05, 0) is 49.3 Å². The first kappa shape index (κ1) is 27.9. The number of benzene rings is 1. The van der Waals surface area contributed by atoms with E-state index >= 15 is 0 Å². The highest BCUT2D eigenvalue weighted by molar-refractivity contribution is 5.97. The summed E-state index contributed by atoms with van der Waals surface area (Å²) in [7, 11) is 0. The summed E-state index contributed by atoms with van der Waals surface area (Å²) >= 11 is 0. The van der Waals surface area contributed by atoms with Crippen LogP contribution in [-0.4, -0.2) is 47.8 Å². The number of hydrogen-bond acceptors (Lipinski definition) is 3. The average Bonchev–Trinajstić information content (AvgIpc) is 2.73. The number of quaternary nitrogens is 1. The minimum atomic E-state index is -0.632. The Bertz CT molecular complexity index is 759. The number of hydrogen-bond donors (Lipinski definition) is 3. The lowest BCUT2D eigenvalue weighted by Gasteiger charge is -2.32. The number of likely N-dealkylation sites (tertiary alicyclic amines) is 1. The predicted octanol–water partition coefficient (Wildman–Crippen LogP) is -0.848. The first-order valence-electron chi connectivity index (χ1n) is 11.4. The van der Waals surface area contributed by atoms with Gasteiger partial charge in [-0.15, -0.1) is 0 Å². The molecule has 1 aliphatic rings. The van der Waals surface area contributed by atoms with Crippen LogP contribution in [0.4, 0.5) is 5.69 Å². The highest BCUT2D eigenvalue weighted by Gasteiger charge is 2.32. The second-order valence-corrected chi connectivity index (χ2v) is 9.42. The van der Waals surface area contributed by atoms with E-state index in [1.807, 2.05) is 29.2 Å². The third-order valence-electron chi connectivity index (χ3n) is 5.88. The number of amides is 3. The molecule has 3 amide bonds. The van der Waals surface area contributed by atoms with Crippen molar-refractivity contribution in [2.45, 2.75) is 71.9 Å². The van der Waals surface area contributed by atoms with E-state index in [0.717, 1.165) is 6.42 Å². The number of piperidine rings is 1. The fourth-order valence-electron chi connectivity index (χ4n) is 3.89. The largest absolute Gasteiger partial charge is 1.00 e. The van der Waals surface area contributed by atoms with Gasteiger partial charge in [-0.25, -0.2) is 0 Å². The molecule has 1 fully saturated rings. The summed E-state index contributed by atoms with van der Waals surface area (Å²) in [6.07, 6.45) is 1.99. The number of halogens is 1. The summed E-state index contributed by atoms with van der Waals surface area (Å²) in [4.78, 5) is 39.4. The van der Waals surface area contributed by atoms with Crippen LogP contribution in [0.25, 0.3) is 0 Å². The Labute approximate surface area is 198 Å². The van der Waals surface area contributed by atoms with E-state index in [-0.39, 0.29) is 42.1 Å². The molecule has 32 heavy (non-hydrogen) atoms. The van der Waals surface area contributed by atoms with Crippen LogP contribution < -0.4 is 28.8 Å². The van der Waals surface area contributed by atoms with Crippen molar-refractivity contribution in [1.82, 2.24) is 10.2 Å². The Kier molecular flexibility index (Phi) is 11.2. The van der Waals surface area contributed by atoms with Crippen LogP contribution in [-0.2, 0) is 14.4 Å². The van der Waals surface area contributed by atoms with Gasteiger partial charge in [0.25, 0.3) is 5.91 Å². The molecule has 0 aromatic heterocycles. The first-order valence-corrected chi connectivity index (χ1v) is 11.4. The van der Waals surface area contributed by atoms with Gasteiger partial charge in [-0.2, -0.15) is 0 Å². The number of rotatable bonds is 8. The van der Waals surface area contributed by atoms with Crippen molar-refractivity contribution in [3.05, 3.63) is 29.8 Å². The normalized spacial score (nSPS) is 16.3. The van der Waals surface area contributed by atoms with Gasteiger partial charge in [0.1, 0.15) is 6.04 Å². The summed E-state index contributed by atoms with van der Waals surface area (Å²) in [5, 5.41) is 5.68. The van der Waals surface area contributed by atoms with Crippen LogP contribution in [0.15, 0.2) is 24.3 Å². The van der Waals surface area contributed by atoms with Gasteiger partial charge in [0.15, 0.2) is 6.04 Å². The van der Waals surface area contributed by atoms with E-state index in [1.165, 1.54) is 5.56 Å². The summed E-state index contributed by atoms with van der Waals surface area (Å²) in [5.41, 5.74) is 5.92. The maximum Gasteiger partial charge on any atom is 0.280 e. The lowest BCUT2D eigenvalue weighted by Crippen LogP contribution is -3.00. The molecule has 1 aliphatic heterocycles. The molecule has 0 radical (unpaired) electrons. The van der Waals surface area contributed by atoms with Crippen molar-refractivity contribution in [1.29, 1.82) is 0 Å². The van der Waals surface area contributed by atoms with E-state index in [0.29, 0.717) is 43.5 Å². The molecule has 1 aromatic rings. The maximum absolute atomic E-state index is 12.6. The number of carbonyl (C=O) groups is 3. The summed E-state index contributed by atoms with van der Waals surface area (Å²) in [6.45, 7) is 11.2. The molecule has 0 bridgehead atoms. The van der Waals surface area contributed by atoms with E-state index < -0.39 is 6.04 Å². The van der Waals surface area contributed by atoms with Gasteiger partial charge < -0.3 is 33.7 Å². The monoisotopic (exact) mass is 466 g/mol. The molecule has 2 rings (SSSR count). The standard InChI is InChI=1S/C24H38N4O3.ClH/c1-15(2)14-21(25)24(31)28-12-10-19(11-13-28)23(30)26-17(5)22(29)27-20-8-6-18(7-9-20)16(3)4;/h6-9,15-17,19,21H,10-14,25H2,1-5H3,(H,26,30)(H,27,29);1H/t17-,21-;/m0./s1. The van der Waals surface area contributed by atoms with Crippen molar-refractivity contribution in [2.24, 2.45) is 11.8 Å². The van der Waals surface area contributed by atoms with Gasteiger partial charge in [-0.3, -0.25) is 14.4 Å². The van der Waals surface area contributed by atoms with Gasteiger partial charge in [0.05, 0.1) is 0 Å². The Hall–Kier alpha value is -2.12. The van der Waals surface area contributed by atoms with E-state index in [9.17, 15) is 14.4 Å². The molecule has 180 valence electrons. The number of nitrogens with zero attached hydrogens (tertiary/aromatic N) is 1. The zero-order valence-electron chi connectivity index (χ0n) is 20.0. The Morgan fingerprint density at radius 3 is 2.09 bits per heavy atom. The highest BCUT2D eigenvalue weighted by Crippen LogP contribution is 2.20. The minimum Gasteiger partial charge on any atom is -1.00 e. The SMILES string of the molecule is CC(C)C[C@H]([NH3+])C(=O)N1CCC(C(=O)N[C@@H](C)C(=O)Nc2ccc(C(C)C)cc2)CC1.[Cl-]. The second kappa shape index (κ2) is 12.8. The van der Waals surface area contributed by atoms with E-state index in [2.05, 4.69) is 44.1 Å². The van der Waals surface area contributed by atoms with Crippen LogP contribution >= 0.6 is 0 Å². The van der Waals surface area contributed by atoms with Crippen LogP contribution in [0.1, 0.15) is 65.4 Å². The van der Waals surface area contributed by atoms with Crippen molar-refractivity contribution in [2.75, 3.05) is 18.4 Å². The first-order chi connectivity index (χ1) is 14.6. The molecular weight excluding hydrogens is 428 g/mol. The molecule has 0 aliphatic carbocycles. The predicted molar refractivity (Wildman–Crippen MR) is 122 cm³/mol. The topological polar surface area (TPSA) is 106 Å². The van der Waals surface area contributed by atoms with Crippen molar-refractivity contribution in [3.63, 3.8) is 0 Å². The molecule has 0 unspecified atom stereocenters. The summed E-state index contributed by atoms with van der Waals surface area (Å²) < 4.78 is 0. The van der Waals surface area contributed by atoms with Gasteiger partial charge in [0.2, 0.25) is 11.8 Å². The van der Waals surface area contributed by atoms with Crippen LogP contribution in [0.3, 0.4) is 0 Å². The lowest BCUT2D eigenvalue weighted by atomic mass is 9.94. The molecule has 8 heteroatoms. The molecule has 0 spiro atoms. The molecular formula is C24H39ClN4O3. The molecule has 1 aromatic carbocycles. The fourth-order valence-corrected chi connectivity index (χ4v) is 3.89. The van der Waals surface area contributed by atoms with Gasteiger partial charge >= 0.3 is 0 Å². The smallest absolute Gasteiger partial charge is 0.280 e. The highest BCUT2D eigenvalue weighted by atomic mass is 35.5. The van der Waals surface area contributed by atoms with Crippen LogP contribution in [0.5, 0.6) is 0 Å². The third-order valence-corrected chi connectivity index (χ3v) is 5.88. The average molecular weight is 467 g/mol. The Morgan fingerprint density at radius 1 is 1.03 bits per heavy atom. The van der Waals surface area contributed by atoms with Crippen molar-refractivity contribution in [3.8, 4) is 0 Å². The quantitative estimate of drug-likeness (QED) is 0.464.